The molecular weight excluding hydrogens is 224 g/mol. The SMILES string of the molecule is CC(CCl)N(C)c1ccc2nccnc2n1. The normalized spacial score (nSPS) is 12.7. The quantitative estimate of drug-likeness (QED) is 0.766. The second kappa shape index (κ2) is 4.61. The Morgan fingerprint density at radius 2 is 2.06 bits per heavy atom. The van der Waals surface area contributed by atoms with Gasteiger partial charge in [-0.15, -0.1) is 11.6 Å². The highest BCUT2D eigenvalue weighted by Gasteiger charge is 2.10. The Kier molecular flexibility index (Phi) is 3.19. The van der Waals surface area contributed by atoms with Crippen LogP contribution in [0, 0.1) is 0 Å². The van der Waals surface area contributed by atoms with Gasteiger partial charge in [0.15, 0.2) is 5.65 Å². The largest absolute Gasteiger partial charge is 0.356 e. The maximum Gasteiger partial charge on any atom is 0.180 e. The van der Waals surface area contributed by atoms with Gasteiger partial charge in [0.1, 0.15) is 11.3 Å². The summed E-state index contributed by atoms with van der Waals surface area (Å²) in [6.45, 7) is 2.05. The molecule has 2 rings (SSSR count). The van der Waals surface area contributed by atoms with E-state index in [1.165, 1.54) is 0 Å². The number of pyridine rings is 1. The van der Waals surface area contributed by atoms with Crippen LogP contribution < -0.4 is 4.90 Å². The van der Waals surface area contributed by atoms with Gasteiger partial charge in [-0.25, -0.2) is 9.97 Å². The number of alkyl halides is 1. The number of halogens is 1. The Morgan fingerprint density at radius 3 is 2.81 bits per heavy atom. The second-order valence-electron chi connectivity index (χ2n) is 3.68. The van der Waals surface area contributed by atoms with Crippen molar-refractivity contribution in [2.45, 2.75) is 13.0 Å². The zero-order chi connectivity index (χ0) is 11.5. The maximum atomic E-state index is 5.82. The van der Waals surface area contributed by atoms with Gasteiger partial charge >= 0.3 is 0 Å². The summed E-state index contributed by atoms with van der Waals surface area (Å²) < 4.78 is 0. The van der Waals surface area contributed by atoms with E-state index < -0.39 is 0 Å². The minimum atomic E-state index is 0.239. The molecule has 2 heterocycles. The van der Waals surface area contributed by atoms with Crippen LogP contribution in [0.4, 0.5) is 5.82 Å². The van der Waals surface area contributed by atoms with Gasteiger partial charge in [0.25, 0.3) is 0 Å². The fourth-order valence-electron chi connectivity index (χ4n) is 1.37. The Morgan fingerprint density at radius 1 is 1.31 bits per heavy atom. The molecule has 0 aliphatic carbocycles. The first-order valence-corrected chi connectivity index (χ1v) is 5.62. The smallest absolute Gasteiger partial charge is 0.180 e. The van der Waals surface area contributed by atoms with Crippen LogP contribution in [0.5, 0.6) is 0 Å². The van der Waals surface area contributed by atoms with Crippen molar-refractivity contribution in [1.29, 1.82) is 0 Å². The number of rotatable bonds is 3. The van der Waals surface area contributed by atoms with Gasteiger partial charge in [-0.3, -0.25) is 4.98 Å². The van der Waals surface area contributed by atoms with Crippen molar-refractivity contribution in [2.75, 3.05) is 17.8 Å². The highest BCUT2D eigenvalue weighted by Crippen LogP contribution is 2.15. The average Bonchev–Trinajstić information content (AvgIpc) is 2.36. The number of nitrogens with zero attached hydrogens (tertiary/aromatic N) is 4. The predicted molar refractivity (Wildman–Crippen MR) is 65.9 cm³/mol. The van der Waals surface area contributed by atoms with Crippen LogP contribution in [-0.4, -0.2) is 33.9 Å². The molecule has 84 valence electrons. The van der Waals surface area contributed by atoms with Gasteiger partial charge in [-0.2, -0.15) is 0 Å². The van der Waals surface area contributed by atoms with Gasteiger partial charge in [0.2, 0.25) is 0 Å². The third-order valence-electron chi connectivity index (χ3n) is 2.56. The molecular formula is C11H13ClN4. The number of aromatic nitrogens is 3. The van der Waals surface area contributed by atoms with E-state index in [0.29, 0.717) is 11.5 Å². The third kappa shape index (κ3) is 2.07. The van der Waals surface area contributed by atoms with Crippen molar-refractivity contribution in [2.24, 2.45) is 0 Å². The molecule has 0 fully saturated rings. The van der Waals surface area contributed by atoms with Crippen LogP contribution in [0.1, 0.15) is 6.92 Å². The zero-order valence-corrected chi connectivity index (χ0v) is 10.0. The first kappa shape index (κ1) is 11.1. The molecule has 0 radical (unpaired) electrons. The highest BCUT2D eigenvalue weighted by atomic mass is 35.5. The second-order valence-corrected chi connectivity index (χ2v) is 3.99. The van der Waals surface area contributed by atoms with Gasteiger partial charge < -0.3 is 4.90 Å². The molecule has 16 heavy (non-hydrogen) atoms. The number of fused-ring (bicyclic) bond motifs is 1. The number of anilines is 1. The molecule has 0 N–H and O–H groups in total. The van der Waals surface area contributed by atoms with Crippen LogP contribution in [-0.2, 0) is 0 Å². The van der Waals surface area contributed by atoms with Gasteiger partial charge in [-0.1, -0.05) is 0 Å². The Hall–Kier alpha value is -1.42. The fraction of sp³-hybridized carbons (Fsp3) is 0.364. The van der Waals surface area contributed by atoms with E-state index in [1.807, 2.05) is 24.1 Å². The lowest BCUT2D eigenvalue weighted by Gasteiger charge is -2.23. The van der Waals surface area contributed by atoms with Crippen LogP contribution in [0.2, 0.25) is 0 Å². The molecule has 0 saturated carbocycles. The highest BCUT2D eigenvalue weighted by molar-refractivity contribution is 6.18. The first-order valence-electron chi connectivity index (χ1n) is 5.09. The molecule has 0 aliphatic rings. The fourth-order valence-corrected chi connectivity index (χ4v) is 1.58. The average molecular weight is 237 g/mol. The van der Waals surface area contributed by atoms with Gasteiger partial charge in [0, 0.05) is 31.4 Å². The molecule has 1 atom stereocenters. The lowest BCUT2D eigenvalue weighted by Crippen LogP contribution is -2.30. The summed E-state index contributed by atoms with van der Waals surface area (Å²) >= 11 is 5.82. The Bertz CT molecular complexity index is 488. The topological polar surface area (TPSA) is 41.9 Å². The van der Waals surface area contributed by atoms with E-state index in [9.17, 15) is 0 Å². The van der Waals surface area contributed by atoms with Crippen LogP contribution in [0.15, 0.2) is 24.5 Å². The summed E-state index contributed by atoms with van der Waals surface area (Å²) in [5.41, 5.74) is 1.46. The van der Waals surface area contributed by atoms with E-state index in [0.717, 1.165) is 11.3 Å². The molecule has 0 aliphatic heterocycles. The minimum absolute atomic E-state index is 0.239. The van der Waals surface area contributed by atoms with Crippen LogP contribution in [0.25, 0.3) is 11.2 Å². The van der Waals surface area contributed by atoms with Crippen molar-refractivity contribution >= 4 is 28.6 Å². The standard InChI is InChI=1S/C11H13ClN4/c1-8(7-12)16(2)10-4-3-9-11(15-10)14-6-5-13-9/h3-6,8H,7H2,1-2H3. The Labute approximate surface area is 99.3 Å². The zero-order valence-electron chi connectivity index (χ0n) is 9.26. The van der Waals surface area contributed by atoms with Gasteiger partial charge in [-0.05, 0) is 19.1 Å². The Balaban J connectivity index is 2.39. The van der Waals surface area contributed by atoms with Crippen LogP contribution in [0.3, 0.4) is 0 Å². The molecule has 2 aromatic rings. The monoisotopic (exact) mass is 236 g/mol. The molecule has 0 amide bonds. The number of hydrogen-bond acceptors (Lipinski definition) is 4. The summed E-state index contributed by atoms with van der Waals surface area (Å²) in [6, 6.07) is 4.09. The summed E-state index contributed by atoms with van der Waals surface area (Å²) in [4.78, 5) is 14.8. The maximum absolute atomic E-state index is 5.82. The summed E-state index contributed by atoms with van der Waals surface area (Å²) in [7, 11) is 1.97. The molecule has 2 aromatic heterocycles. The summed E-state index contributed by atoms with van der Waals surface area (Å²) in [5.74, 6) is 1.43. The molecule has 0 spiro atoms. The van der Waals surface area contributed by atoms with Gasteiger partial charge in [0.05, 0.1) is 0 Å². The van der Waals surface area contributed by atoms with Crippen molar-refractivity contribution in [3.05, 3.63) is 24.5 Å². The lowest BCUT2D eigenvalue weighted by atomic mass is 10.3. The minimum Gasteiger partial charge on any atom is -0.356 e. The molecule has 0 saturated heterocycles. The molecule has 5 heteroatoms. The van der Waals surface area contributed by atoms with Crippen LogP contribution >= 0.6 is 11.6 Å². The third-order valence-corrected chi connectivity index (χ3v) is 3.01. The molecule has 0 aromatic carbocycles. The van der Waals surface area contributed by atoms with E-state index in [1.54, 1.807) is 12.4 Å². The van der Waals surface area contributed by atoms with E-state index in [4.69, 9.17) is 11.6 Å². The molecule has 1 unspecified atom stereocenters. The van der Waals surface area contributed by atoms with E-state index in [2.05, 4.69) is 21.9 Å². The first-order chi connectivity index (χ1) is 7.72. The summed E-state index contributed by atoms with van der Waals surface area (Å²) in [6.07, 6.45) is 3.30. The number of hydrogen-bond donors (Lipinski definition) is 0. The molecule has 4 nitrogen and oxygen atoms in total. The van der Waals surface area contributed by atoms with E-state index >= 15 is 0 Å². The van der Waals surface area contributed by atoms with Crippen molar-refractivity contribution < 1.29 is 0 Å². The van der Waals surface area contributed by atoms with Crippen molar-refractivity contribution in [3.8, 4) is 0 Å². The van der Waals surface area contributed by atoms with Crippen molar-refractivity contribution in [3.63, 3.8) is 0 Å². The predicted octanol–water partition coefficient (Wildman–Crippen LogP) is 2.09. The lowest BCUT2D eigenvalue weighted by molar-refractivity contribution is 0.751. The summed E-state index contributed by atoms with van der Waals surface area (Å²) in [5, 5.41) is 0. The van der Waals surface area contributed by atoms with Crippen molar-refractivity contribution in [1.82, 2.24) is 15.0 Å². The van der Waals surface area contributed by atoms with E-state index in [-0.39, 0.29) is 6.04 Å². The molecule has 0 bridgehead atoms.